The molecule has 3 aromatic heterocycles. The molecule has 0 N–H and O–H groups in total. The number of pyridine rings is 1. The third kappa shape index (κ3) is 4.28. The first-order valence-electron chi connectivity index (χ1n) is 12.3. The Kier molecular flexibility index (Phi) is 6.24. The number of hydrogen-bond donors (Lipinski definition) is 0. The maximum Gasteiger partial charge on any atom is 0.283 e. The van der Waals surface area contributed by atoms with Crippen molar-refractivity contribution in [3.63, 3.8) is 0 Å². The Bertz CT molecular complexity index is 2190. The fourth-order valence-corrected chi connectivity index (χ4v) is 7.56. The zero-order chi connectivity index (χ0) is 28.9. The topological polar surface area (TPSA) is 130 Å². The Morgan fingerprint density at radius 3 is 2.05 bits per heavy atom. The minimum absolute atomic E-state index is 0.000981. The van der Waals surface area contributed by atoms with E-state index in [2.05, 4.69) is 10.1 Å². The SMILES string of the molecule is COc1cc2cc(C(=O)c3ccc4c(c3)c(C)nn4S(=O)(=O)c3ccccc3)n(S(=O)(=O)c3ccccc3)c2cn1. The van der Waals surface area contributed by atoms with Gasteiger partial charge in [-0.3, -0.25) is 4.79 Å². The van der Waals surface area contributed by atoms with Crippen molar-refractivity contribution >= 4 is 47.6 Å². The van der Waals surface area contributed by atoms with Crippen LogP contribution in [-0.4, -0.2) is 47.9 Å². The molecule has 0 unspecified atom stereocenters. The number of aryl methyl sites for hydroxylation is 1. The minimum Gasteiger partial charge on any atom is -0.481 e. The van der Waals surface area contributed by atoms with E-state index in [1.807, 2.05) is 0 Å². The zero-order valence-electron chi connectivity index (χ0n) is 21.8. The van der Waals surface area contributed by atoms with Crippen molar-refractivity contribution in [2.24, 2.45) is 0 Å². The number of ketones is 1. The summed E-state index contributed by atoms with van der Waals surface area (Å²) in [5, 5.41) is 5.14. The Morgan fingerprint density at radius 1 is 0.780 bits per heavy atom. The van der Waals surface area contributed by atoms with Crippen LogP contribution in [0.15, 0.2) is 107 Å². The average molecular weight is 587 g/mol. The number of ether oxygens (including phenoxy) is 1. The van der Waals surface area contributed by atoms with E-state index in [1.54, 1.807) is 49.4 Å². The van der Waals surface area contributed by atoms with Crippen molar-refractivity contribution in [3.05, 3.63) is 114 Å². The molecular weight excluding hydrogens is 564 g/mol. The summed E-state index contributed by atoms with van der Waals surface area (Å²) in [7, 11) is -6.76. The third-order valence-electron chi connectivity index (χ3n) is 6.71. The number of hydrogen-bond acceptors (Lipinski definition) is 8. The molecule has 6 rings (SSSR count). The first-order valence-corrected chi connectivity index (χ1v) is 15.2. The number of aromatic nitrogens is 4. The number of benzene rings is 3. The van der Waals surface area contributed by atoms with Crippen molar-refractivity contribution in [1.29, 1.82) is 0 Å². The Labute approximate surface area is 235 Å². The van der Waals surface area contributed by atoms with Crippen molar-refractivity contribution in [2.75, 3.05) is 7.11 Å². The van der Waals surface area contributed by atoms with Crippen molar-refractivity contribution < 1.29 is 26.4 Å². The molecule has 0 bridgehead atoms. The highest BCUT2D eigenvalue weighted by molar-refractivity contribution is 7.90. The number of nitrogens with zero attached hydrogens (tertiary/aromatic N) is 4. The van der Waals surface area contributed by atoms with Gasteiger partial charge in [0, 0.05) is 22.4 Å². The maximum absolute atomic E-state index is 14.0. The fourth-order valence-electron chi connectivity index (χ4n) is 4.69. The quantitative estimate of drug-likeness (QED) is 0.252. The summed E-state index contributed by atoms with van der Waals surface area (Å²) < 4.78 is 61.3. The predicted octanol–water partition coefficient (Wildman–Crippen LogP) is 4.41. The van der Waals surface area contributed by atoms with Gasteiger partial charge in [0.25, 0.3) is 20.0 Å². The van der Waals surface area contributed by atoms with E-state index in [-0.39, 0.29) is 38.0 Å². The van der Waals surface area contributed by atoms with Crippen LogP contribution in [-0.2, 0) is 20.0 Å². The van der Waals surface area contributed by atoms with E-state index >= 15 is 0 Å². The summed E-state index contributed by atoms with van der Waals surface area (Å²) in [6.45, 7) is 1.64. The van der Waals surface area contributed by atoms with Crippen LogP contribution in [0.25, 0.3) is 21.8 Å². The van der Waals surface area contributed by atoms with Crippen LogP contribution < -0.4 is 4.74 Å². The van der Waals surface area contributed by atoms with Gasteiger partial charge >= 0.3 is 0 Å². The van der Waals surface area contributed by atoms with Crippen LogP contribution >= 0.6 is 0 Å². The van der Waals surface area contributed by atoms with Crippen molar-refractivity contribution in [3.8, 4) is 5.88 Å². The van der Waals surface area contributed by atoms with Crippen LogP contribution in [0.4, 0.5) is 0 Å². The predicted molar refractivity (Wildman–Crippen MR) is 152 cm³/mol. The Hall–Kier alpha value is -4.81. The van der Waals surface area contributed by atoms with Gasteiger partial charge in [-0.15, -0.1) is 0 Å². The van der Waals surface area contributed by atoms with Gasteiger partial charge in [0.15, 0.2) is 0 Å². The lowest BCUT2D eigenvalue weighted by atomic mass is 10.1. The highest BCUT2D eigenvalue weighted by Crippen LogP contribution is 2.30. The number of carbonyl (C=O) groups excluding carboxylic acids is 1. The first-order chi connectivity index (χ1) is 19.6. The van der Waals surface area contributed by atoms with Gasteiger partial charge < -0.3 is 4.74 Å². The molecule has 0 spiro atoms. The Balaban J connectivity index is 1.52. The van der Waals surface area contributed by atoms with Gasteiger partial charge in [-0.1, -0.05) is 36.4 Å². The molecule has 6 aromatic rings. The van der Waals surface area contributed by atoms with Gasteiger partial charge in [-0.05, 0) is 55.5 Å². The first kappa shape index (κ1) is 26.4. The second kappa shape index (κ2) is 9.68. The number of rotatable bonds is 7. The molecular formula is C29H22N4O6S2. The lowest BCUT2D eigenvalue weighted by Crippen LogP contribution is -2.19. The number of carbonyl (C=O) groups is 1. The van der Waals surface area contributed by atoms with Crippen LogP contribution in [0.5, 0.6) is 5.88 Å². The molecule has 0 aliphatic rings. The van der Waals surface area contributed by atoms with Gasteiger partial charge in [-0.2, -0.15) is 17.6 Å². The molecule has 12 heteroatoms. The summed E-state index contributed by atoms with van der Waals surface area (Å²) in [4.78, 5) is 18.2. The molecule has 0 amide bonds. The number of methoxy groups -OCH3 is 1. The smallest absolute Gasteiger partial charge is 0.283 e. The molecule has 0 saturated carbocycles. The minimum atomic E-state index is -4.20. The van der Waals surface area contributed by atoms with Crippen molar-refractivity contribution in [1.82, 2.24) is 18.1 Å². The molecule has 0 atom stereocenters. The van der Waals surface area contributed by atoms with E-state index in [4.69, 9.17) is 4.74 Å². The fraction of sp³-hybridized carbons (Fsp3) is 0.0690. The van der Waals surface area contributed by atoms with E-state index in [9.17, 15) is 21.6 Å². The molecule has 3 heterocycles. The van der Waals surface area contributed by atoms with Crippen LogP contribution in [0.1, 0.15) is 21.7 Å². The summed E-state index contributed by atoms with van der Waals surface area (Å²) in [6.07, 6.45) is 1.34. The highest BCUT2D eigenvalue weighted by Gasteiger charge is 2.28. The molecule has 41 heavy (non-hydrogen) atoms. The maximum atomic E-state index is 14.0. The van der Waals surface area contributed by atoms with E-state index in [0.29, 0.717) is 16.5 Å². The molecule has 0 saturated heterocycles. The largest absolute Gasteiger partial charge is 0.481 e. The second-order valence-corrected chi connectivity index (χ2v) is 12.8. The van der Waals surface area contributed by atoms with Gasteiger partial charge in [-0.25, -0.2) is 17.4 Å². The monoisotopic (exact) mass is 586 g/mol. The van der Waals surface area contributed by atoms with Crippen LogP contribution in [0, 0.1) is 6.92 Å². The summed E-state index contributed by atoms with van der Waals surface area (Å²) >= 11 is 0. The molecule has 10 nitrogen and oxygen atoms in total. The van der Waals surface area contributed by atoms with Gasteiger partial charge in [0.2, 0.25) is 11.7 Å². The van der Waals surface area contributed by atoms with Crippen LogP contribution in [0.3, 0.4) is 0 Å². The molecule has 0 aliphatic heterocycles. The van der Waals surface area contributed by atoms with E-state index < -0.39 is 25.8 Å². The molecule has 3 aromatic carbocycles. The Morgan fingerprint density at radius 2 is 1.41 bits per heavy atom. The molecule has 0 radical (unpaired) electrons. The molecule has 0 fully saturated rings. The van der Waals surface area contributed by atoms with E-state index in [0.717, 1.165) is 8.06 Å². The molecule has 0 aliphatic carbocycles. The highest BCUT2D eigenvalue weighted by atomic mass is 32.2. The van der Waals surface area contributed by atoms with E-state index in [1.165, 1.54) is 61.8 Å². The average Bonchev–Trinajstić information content (AvgIpc) is 3.55. The number of fused-ring (bicyclic) bond motifs is 2. The lowest BCUT2D eigenvalue weighted by molar-refractivity contribution is 0.103. The van der Waals surface area contributed by atoms with Gasteiger partial charge in [0.1, 0.15) is 5.69 Å². The summed E-state index contributed by atoms with van der Waals surface area (Å²) in [5.74, 6) is -0.325. The standard InChI is InChI=1S/C29H22N4O6S2/c1-19-24-15-20(13-14-25(24)33(31-19)41(37,38)23-11-7-4-8-12-23)29(34)26-16-21-17-28(39-2)30-18-27(21)32(26)40(35,36)22-9-5-3-6-10-22/h3-18H,1-2H3. The van der Waals surface area contributed by atoms with Gasteiger partial charge in [0.05, 0.1) is 39.8 Å². The lowest BCUT2D eigenvalue weighted by Gasteiger charge is -2.12. The molecule has 206 valence electrons. The summed E-state index contributed by atoms with van der Waals surface area (Å²) in [6, 6.07) is 23.2. The zero-order valence-corrected chi connectivity index (χ0v) is 23.4. The summed E-state index contributed by atoms with van der Waals surface area (Å²) in [5.41, 5.74) is 0.927. The van der Waals surface area contributed by atoms with Crippen LogP contribution in [0.2, 0.25) is 0 Å². The third-order valence-corrected chi connectivity index (χ3v) is 10.0. The normalized spacial score (nSPS) is 12.1. The second-order valence-electron chi connectivity index (χ2n) is 9.21. The van der Waals surface area contributed by atoms with Crippen molar-refractivity contribution in [2.45, 2.75) is 16.7 Å².